The summed E-state index contributed by atoms with van der Waals surface area (Å²) in [7, 11) is -3.78. The molecule has 0 aromatic heterocycles. The molecule has 1 aromatic rings. The number of carbonyl (C=O) groups is 2. The summed E-state index contributed by atoms with van der Waals surface area (Å²) in [6.45, 7) is 6.03. The Morgan fingerprint density at radius 2 is 1.83 bits per heavy atom. The highest BCUT2D eigenvalue weighted by molar-refractivity contribution is 7.89. The highest BCUT2D eigenvalue weighted by Crippen LogP contribution is 2.30. The van der Waals surface area contributed by atoms with Crippen LogP contribution in [0.15, 0.2) is 23.1 Å². The minimum Gasteiger partial charge on any atom is -0.354 e. The predicted molar refractivity (Wildman–Crippen MR) is 118 cm³/mol. The number of sulfonamides is 1. The molecule has 1 saturated carbocycles. The molecule has 9 heteroatoms. The first-order valence-electron chi connectivity index (χ1n) is 10.5. The molecule has 0 spiro atoms. The maximum atomic E-state index is 13.1. The minimum absolute atomic E-state index is 0.0367. The molecule has 0 unspecified atom stereocenters. The molecule has 30 heavy (non-hydrogen) atoms. The van der Waals surface area contributed by atoms with Crippen LogP contribution in [0.5, 0.6) is 0 Å². The summed E-state index contributed by atoms with van der Waals surface area (Å²) in [5.74, 6) is -0.737. The van der Waals surface area contributed by atoms with Gasteiger partial charge >= 0.3 is 0 Å². The smallest absolute Gasteiger partial charge is 0.253 e. The first kappa shape index (κ1) is 24.6. The Morgan fingerprint density at radius 3 is 2.43 bits per heavy atom. The molecule has 3 N–H and O–H groups in total. The van der Waals surface area contributed by atoms with Gasteiger partial charge in [0.25, 0.3) is 5.91 Å². The first-order valence-corrected chi connectivity index (χ1v) is 12.4. The van der Waals surface area contributed by atoms with Gasteiger partial charge in [0.1, 0.15) is 5.54 Å². The van der Waals surface area contributed by atoms with E-state index in [-0.39, 0.29) is 27.4 Å². The van der Waals surface area contributed by atoms with Gasteiger partial charge in [-0.3, -0.25) is 9.59 Å². The number of benzene rings is 1. The fraction of sp³-hybridized carbons (Fsp3) is 0.619. The lowest BCUT2D eigenvalue weighted by molar-refractivity contribution is -0.128. The topological polar surface area (TPSA) is 104 Å². The van der Waals surface area contributed by atoms with E-state index in [1.165, 1.54) is 18.2 Å². The number of hydrogen-bond donors (Lipinski definition) is 3. The zero-order valence-electron chi connectivity index (χ0n) is 17.9. The van der Waals surface area contributed by atoms with Crippen molar-refractivity contribution < 1.29 is 18.0 Å². The van der Waals surface area contributed by atoms with Gasteiger partial charge in [0.05, 0.1) is 15.5 Å². The van der Waals surface area contributed by atoms with Gasteiger partial charge in [-0.25, -0.2) is 13.1 Å². The third kappa shape index (κ3) is 6.18. The van der Waals surface area contributed by atoms with E-state index in [9.17, 15) is 18.0 Å². The number of amides is 2. The summed E-state index contributed by atoms with van der Waals surface area (Å²) in [6.07, 6.45) is 5.59. The molecule has 0 heterocycles. The highest BCUT2D eigenvalue weighted by Gasteiger charge is 2.41. The van der Waals surface area contributed by atoms with Gasteiger partial charge in [-0.2, -0.15) is 0 Å². The fourth-order valence-corrected chi connectivity index (χ4v) is 5.10. The van der Waals surface area contributed by atoms with Crippen LogP contribution in [0.1, 0.15) is 76.1 Å². The quantitative estimate of drug-likeness (QED) is 0.494. The average molecular weight is 458 g/mol. The van der Waals surface area contributed by atoms with Crippen molar-refractivity contribution in [2.45, 2.75) is 82.2 Å². The summed E-state index contributed by atoms with van der Waals surface area (Å²) in [5, 5.41) is 5.95. The van der Waals surface area contributed by atoms with Crippen molar-refractivity contribution in [3.05, 3.63) is 28.8 Å². The van der Waals surface area contributed by atoms with Gasteiger partial charge in [0, 0.05) is 12.6 Å². The van der Waals surface area contributed by atoms with E-state index in [1.807, 2.05) is 6.92 Å². The first-order chi connectivity index (χ1) is 14.1. The van der Waals surface area contributed by atoms with E-state index in [0.717, 1.165) is 32.1 Å². The molecular formula is C21H32ClN3O4S. The zero-order chi connectivity index (χ0) is 22.4. The molecule has 1 fully saturated rings. The maximum absolute atomic E-state index is 13.1. The van der Waals surface area contributed by atoms with E-state index in [2.05, 4.69) is 15.4 Å². The number of halogens is 1. The Hall–Kier alpha value is -1.64. The Bertz CT molecular complexity index is 865. The van der Waals surface area contributed by atoms with E-state index in [1.54, 1.807) is 13.8 Å². The lowest BCUT2D eigenvalue weighted by atomic mass is 9.80. The minimum atomic E-state index is -3.78. The summed E-state index contributed by atoms with van der Waals surface area (Å²) in [6, 6.07) is 3.71. The average Bonchev–Trinajstić information content (AvgIpc) is 2.67. The second-order valence-corrected chi connectivity index (χ2v) is 10.2. The van der Waals surface area contributed by atoms with Crippen LogP contribution in [0.3, 0.4) is 0 Å². The van der Waals surface area contributed by atoms with Crippen LogP contribution in [0.4, 0.5) is 0 Å². The molecule has 2 rings (SSSR count). The standard InChI is InChI=1S/C21H32ClN3O4S/c1-4-5-13-23-20(27)21(11-7-6-8-12-21)24-19(26)17-14-16(9-10-18(17)22)30(28,29)25-15(2)3/h9-10,14-15,25H,4-8,11-13H2,1-3H3,(H,23,27)(H,24,26). The number of nitrogens with one attached hydrogen (secondary N) is 3. The van der Waals surface area contributed by atoms with Crippen LogP contribution in [-0.2, 0) is 14.8 Å². The lowest BCUT2D eigenvalue weighted by Gasteiger charge is -2.36. The van der Waals surface area contributed by atoms with Gasteiger partial charge in [-0.15, -0.1) is 0 Å². The lowest BCUT2D eigenvalue weighted by Crippen LogP contribution is -2.59. The molecule has 1 aliphatic carbocycles. The van der Waals surface area contributed by atoms with E-state index < -0.39 is 21.5 Å². The number of hydrogen-bond acceptors (Lipinski definition) is 4. The Balaban J connectivity index is 2.29. The van der Waals surface area contributed by atoms with Crippen molar-refractivity contribution in [1.29, 1.82) is 0 Å². The summed E-state index contributed by atoms with van der Waals surface area (Å²) in [4.78, 5) is 26.0. The normalized spacial score (nSPS) is 16.3. The van der Waals surface area contributed by atoms with Gasteiger partial charge < -0.3 is 10.6 Å². The van der Waals surface area contributed by atoms with Gasteiger partial charge in [-0.05, 0) is 51.3 Å². The van der Waals surface area contributed by atoms with Crippen LogP contribution in [-0.4, -0.2) is 38.4 Å². The van der Waals surface area contributed by atoms with E-state index >= 15 is 0 Å². The summed E-state index contributed by atoms with van der Waals surface area (Å²) >= 11 is 6.22. The Morgan fingerprint density at radius 1 is 1.17 bits per heavy atom. The predicted octanol–water partition coefficient (Wildman–Crippen LogP) is 3.38. The summed E-state index contributed by atoms with van der Waals surface area (Å²) < 4.78 is 27.5. The van der Waals surface area contributed by atoms with Crippen molar-refractivity contribution >= 4 is 33.4 Å². The number of carbonyl (C=O) groups excluding carboxylic acids is 2. The molecule has 1 aromatic carbocycles. The molecule has 1 aliphatic rings. The van der Waals surface area contributed by atoms with Gasteiger partial charge in [0.15, 0.2) is 0 Å². The zero-order valence-corrected chi connectivity index (χ0v) is 19.5. The molecule has 168 valence electrons. The SMILES string of the molecule is CCCCNC(=O)C1(NC(=O)c2cc(S(=O)(=O)NC(C)C)ccc2Cl)CCCCC1. The van der Waals surface area contributed by atoms with Crippen molar-refractivity contribution in [3.63, 3.8) is 0 Å². The second kappa shape index (κ2) is 10.6. The Labute approximate surface area is 184 Å². The van der Waals surface area contributed by atoms with Gasteiger partial charge in [-0.1, -0.05) is 44.2 Å². The van der Waals surface area contributed by atoms with E-state index in [0.29, 0.717) is 19.4 Å². The molecule has 2 amide bonds. The summed E-state index contributed by atoms with van der Waals surface area (Å²) in [5.41, 5.74) is -0.966. The Kier molecular flexibility index (Phi) is 8.70. The van der Waals surface area contributed by atoms with Crippen LogP contribution in [0.25, 0.3) is 0 Å². The molecule has 0 saturated heterocycles. The van der Waals surface area contributed by atoms with Crippen molar-refractivity contribution in [2.75, 3.05) is 6.54 Å². The van der Waals surface area contributed by atoms with E-state index in [4.69, 9.17) is 11.6 Å². The van der Waals surface area contributed by atoms with Crippen molar-refractivity contribution in [2.24, 2.45) is 0 Å². The number of unbranched alkanes of at least 4 members (excludes halogenated alkanes) is 1. The largest absolute Gasteiger partial charge is 0.354 e. The third-order valence-corrected chi connectivity index (χ3v) is 7.18. The van der Waals surface area contributed by atoms with Crippen molar-refractivity contribution in [1.82, 2.24) is 15.4 Å². The molecule has 0 bridgehead atoms. The van der Waals surface area contributed by atoms with Gasteiger partial charge in [0.2, 0.25) is 15.9 Å². The molecular weight excluding hydrogens is 426 g/mol. The van der Waals surface area contributed by atoms with Crippen LogP contribution in [0.2, 0.25) is 5.02 Å². The third-order valence-electron chi connectivity index (χ3n) is 5.19. The second-order valence-electron chi connectivity index (χ2n) is 8.12. The fourth-order valence-electron chi connectivity index (χ4n) is 3.62. The maximum Gasteiger partial charge on any atom is 0.253 e. The van der Waals surface area contributed by atoms with Crippen molar-refractivity contribution in [3.8, 4) is 0 Å². The molecule has 7 nitrogen and oxygen atoms in total. The number of rotatable bonds is 9. The molecule has 0 radical (unpaired) electrons. The molecule has 0 aliphatic heterocycles. The van der Waals surface area contributed by atoms with Crippen LogP contribution < -0.4 is 15.4 Å². The highest BCUT2D eigenvalue weighted by atomic mass is 35.5. The molecule has 0 atom stereocenters. The van der Waals surface area contributed by atoms with Crippen LogP contribution in [0, 0.1) is 0 Å². The monoisotopic (exact) mass is 457 g/mol. The van der Waals surface area contributed by atoms with Crippen LogP contribution >= 0.6 is 11.6 Å².